The summed E-state index contributed by atoms with van der Waals surface area (Å²) in [5, 5.41) is 4.31. The minimum Gasteiger partial charge on any atom is -0.338 e. The van der Waals surface area contributed by atoms with Crippen LogP contribution < -0.4 is 5.32 Å². The summed E-state index contributed by atoms with van der Waals surface area (Å²) in [5.74, 6) is 0.393. The van der Waals surface area contributed by atoms with Crippen molar-refractivity contribution in [3.8, 4) is 0 Å². The van der Waals surface area contributed by atoms with Crippen LogP contribution in [0.25, 0.3) is 0 Å². The number of nitrogens with zero attached hydrogens (tertiary/aromatic N) is 2. The second kappa shape index (κ2) is 8.17. The van der Waals surface area contributed by atoms with E-state index in [9.17, 15) is 4.79 Å². The van der Waals surface area contributed by atoms with Gasteiger partial charge in [-0.15, -0.1) is 36.2 Å². The Hall–Kier alpha value is -0.360. The average Bonchev–Trinajstić information content (AvgIpc) is 2.96. The van der Waals surface area contributed by atoms with Gasteiger partial charge in [-0.25, -0.2) is 4.98 Å². The molecule has 1 amide bonds. The minimum atomic E-state index is 0. The Kier molecular flexibility index (Phi) is 8.03. The van der Waals surface area contributed by atoms with Crippen LogP contribution in [0, 0.1) is 19.8 Å². The van der Waals surface area contributed by atoms with Crippen molar-refractivity contribution in [2.24, 2.45) is 5.92 Å². The normalized spacial score (nSPS) is 18.9. The second-order valence-corrected chi connectivity index (χ2v) is 6.23. The lowest BCUT2D eigenvalue weighted by Crippen LogP contribution is -2.35. The number of amides is 1. The molecule has 1 fully saturated rings. The van der Waals surface area contributed by atoms with Gasteiger partial charge in [-0.2, -0.15) is 0 Å². The summed E-state index contributed by atoms with van der Waals surface area (Å²) in [4.78, 5) is 19.9. The maximum absolute atomic E-state index is 12.3. The number of thiazole rings is 1. The zero-order valence-corrected chi connectivity index (χ0v) is 14.8. The summed E-state index contributed by atoms with van der Waals surface area (Å²) in [7, 11) is 1.90. The van der Waals surface area contributed by atoms with Crippen LogP contribution in [0.5, 0.6) is 0 Å². The van der Waals surface area contributed by atoms with Gasteiger partial charge in [-0.3, -0.25) is 4.79 Å². The highest BCUT2D eigenvalue weighted by atomic mass is 35.5. The Labute approximate surface area is 137 Å². The summed E-state index contributed by atoms with van der Waals surface area (Å²) in [6.07, 6.45) is 0.955. The van der Waals surface area contributed by atoms with E-state index < -0.39 is 0 Å². The summed E-state index contributed by atoms with van der Waals surface area (Å²) in [5.41, 5.74) is 1.05. The predicted octanol–water partition coefficient (Wildman–Crippen LogP) is 2.73. The molecule has 116 valence electrons. The Morgan fingerprint density at radius 2 is 2.10 bits per heavy atom. The van der Waals surface area contributed by atoms with Crippen molar-refractivity contribution in [1.29, 1.82) is 0 Å². The molecule has 0 saturated carbocycles. The first-order valence-corrected chi connectivity index (χ1v) is 7.23. The first kappa shape index (κ1) is 19.6. The Morgan fingerprint density at radius 1 is 1.45 bits per heavy atom. The van der Waals surface area contributed by atoms with Gasteiger partial charge in [0.05, 0.1) is 22.7 Å². The number of halogens is 2. The van der Waals surface area contributed by atoms with Gasteiger partial charge < -0.3 is 10.2 Å². The Balaban J connectivity index is 0.00000180. The zero-order chi connectivity index (χ0) is 13.3. The molecule has 1 aliphatic rings. The molecule has 0 aromatic carbocycles. The van der Waals surface area contributed by atoms with Crippen LogP contribution >= 0.6 is 36.2 Å². The van der Waals surface area contributed by atoms with Crippen molar-refractivity contribution in [1.82, 2.24) is 15.2 Å². The third-order valence-corrected chi connectivity index (χ3v) is 4.90. The van der Waals surface area contributed by atoms with E-state index in [0.717, 1.165) is 30.2 Å². The van der Waals surface area contributed by atoms with Crippen LogP contribution in [0.2, 0.25) is 0 Å². The van der Waals surface area contributed by atoms with Crippen LogP contribution in [0.4, 0.5) is 0 Å². The highest BCUT2D eigenvalue weighted by Gasteiger charge is 2.29. The minimum absolute atomic E-state index is 0. The van der Waals surface area contributed by atoms with Gasteiger partial charge in [-0.05, 0) is 33.7 Å². The SMILES string of the molecule is Cc1nc(C)c(C(C)N(C)C(=O)C2CCNC2)s1.Cl.Cl. The number of rotatable bonds is 3. The summed E-state index contributed by atoms with van der Waals surface area (Å²) in [6, 6.07) is 0.115. The molecule has 20 heavy (non-hydrogen) atoms. The van der Waals surface area contributed by atoms with Crippen molar-refractivity contribution in [2.45, 2.75) is 33.2 Å². The average molecular weight is 340 g/mol. The van der Waals surface area contributed by atoms with Gasteiger partial charge in [0.2, 0.25) is 5.91 Å². The van der Waals surface area contributed by atoms with Crippen LogP contribution in [0.15, 0.2) is 0 Å². The summed E-state index contributed by atoms with van der Waals surface area (Å²) >= 11 is 1.69. The highest BCUT2D eigenvalue weighted by Crippen LogP contribution is 2.29. The van der Waals surface area contributed by atoms with Crippen LogP contribution in [0.3, 0.4) is 0 Å². The molecular formula is C13H23Cl2N3OS. The Bertz CT molecular complexity index is 447. The second-order valence-electron chi connectivity index (χ2n) is 5.00. The molecule has 2 unspecified atom stereocenters. The third-order valence-electron chi connectivity index (χ3n) is 3.66. The molecule has 2 atom stereocenters. The number of aromatic nitrogens is 1. The van der Waals surface area contributed by atoms with Gasteiger partial charge in [-0.1, -0.05) is 0 Å². The fourth-order valence-corrected chi connectivity index (χ4v) is 3.48. The third kappa shape index (κ3) is 4.07. The molecule has 0 bridgehead atoms. The van der Waals surface area contributed by atoms with Crippen LogP contribution in [-0.2, 0) is 4.79 Å². The topological polar surface area (TPSA) is 45.2 Å². The number of carbonyl (C=O) groups is 1. The molecule has 1 aromatic heterocycles. The predicted molar refractivity (Wildman–Crippen MR) is 88.2 cm³/mol. The molecule has 0 radical (unpaired) electrons. The van der Waals surface area contributed by atoms with Gasteiger partial charge in [0.15, 0.2) is 0 Å². The van der Waals surface area contributed by atoms with E-state index in [1.54, 1.807) is 11.3 Å². The lowest BCUT2D eigenvalue weighted by Gasteiger charge is -2.27. The van der Waals surface area contributed by atoms with E-state index in [1.807, 2.05) is 25.8 Å². The van der Waals surface area contributed by atoms with Crippen LogP contribution in [0.1, 0.15) is 35.0 Å². The molecule has 0 spiro atoms. The van der Waals surface area contributed by atoms with Gasteiger partial charge in [0.1, 0.15) is 0 Å². The first-order chi connectivity index (χ1) is 8.50. The number of carbonyl (C=O) groups excluding carboxylic acids is 1. The zero-order valence-electron chi connectivity index (χ0n) is 12.3. The molecule has 2 heterocycles. The largest absolute Gasteiger partial charge is 0.338 e. The maximum Gasteiger partial charge on any atom is 0.227 e. The van der Waals surface area contributed by atoms with Gasteiger partial charge in [0.25, 0.3) is 0 Å². The fourth-order valence-electron chi connectivity index (χ4n) is 2.45. The fraction of sp³-hybridized carbons (Fsp3) is 0.692. The van der Waals surface area contributed by atoms with Crippen molar-refractivity contribution in [3.05, 3.63) is 15.6 Å². The number of hydrogen-bond acceptors (Lipinski definition) is 4. The molecular weight excluding hydrogens is 317 g/mol. The van der Waals surface area contributed by atoms with Crippen molar-refractivity contribution < 1.29 is 4.79 Å². The van der Waals surface area contributed by atoms with Gasteiger partial charge >= 0.3 is 0 Å². The van der Waals surface area contributed by atoms with E-state index in [4.69, 9.17) is 0 Å². The lowest BCUT2D eigenvalue weighted by atomic mass is 10.1. The van der Waals surface area contributed by atoms with Crippen molar-refractivity contribution >= 4 is 42.1 Å². The number of hydrogen-bond donors (Lipinski definition) is 1. The quantitative estimate of drug-likeness (QED) is 0.920. The van der Waals surface area contributed by atoms with E-state index in [-0.39, 0.29) is 42.7 Å². The molecule has 1 N–H and O–H groups in total. The monoisotopic (exact) mass is 339 g/mol. The molecule has 7 heteroatoms. The molecule has 1 aliphatic heterocycles. The van der Waals surface area contributed by atoms with Gasteiger partial charge in [0, 0.05) is 18.5 Å². The maximum atomic E-state index is 12.3. The summed E-state index contributed by atoms with van der Waals surface area (Å²) < 4.78 is 0. The molecule has 4 nitrogen and oxygen atoms in total. The van der Waals surface area contributed by atoms with Crippen molar-refractivity contribution in [2.75, 3.05) is 20.1 Å². The lowest BCUT2D eigenvalue weighted by molar-refractivity contribution is -0.135. The van der Waals surface area contributed by atoms with E-state index >= 15 is 0 Å². The Morgan fingerprint density at radius 3 is 2.55 bits per heavy atom. The van der Waals surface area contributed by atoms with Crippen LogP contribution in [-0.4, -0.2) is 35.9 Å². The number of nitrogens with one attached hydrogen (secondary N) is 1. The smallest absolute Gasteiger partial charge is 0.227 e. The van der Waals surface area contributed by atoms with Crippen molar-refractivity contribution in [3.63, 3.8) is 0 Å². The standard InChI is InChI=1S/C13H21N3OS.2ClH/c1-8-12(18-10(3)15-8)9(2)16(4)13(17)11-5-6-14-7-11;;/h9,11,14H,5-7H2,1-4H3;2*1H. The first-order valence-electron chi connectivity index (χ1n) is 6.42. The molecule has 1 aromatic rings. The van der Waals surface area contributed by atoms with E-state index in [2.05, 4.69) is 17.2 Å². The molecule has 1 saturated heterocycles. The van der Waals surface area contributed by atoms with E-state index in [0.29, 0.717) is 0 Å². The summed E-state index contributed by atoms with van der Waals surface area (Å²) in [6.45, 7) is 7.88. The van der Waals surface area contributed by atoms with E-state index in [1.165, 1.54) is 4.88 Å². The highest BCUT2D eigenvalue weighted by molar-refractivity contribution is 7.11. The molecule has 2 rings (SSSR count). The molecule has 0 aliphatic carbocycles. The number of aryl methyl sites for hydroxylation is 2.